The molecule has 0 N–H and O–H groups in total. The van der Waals surface area contributed by atoms with Gasteiger partial charge in [-0.25, -0.2) is 4.98 Å². The molecule has 0 fully saturated rings. The Morgan fingerprint density at radius 3 is 2.36 bits per heavy atom. The maximum Gasteiger partial charge on any atom is 0.257 e. The van der Waals surface area contributed by atoms with Crippen LogP contribution in [0.25, 0.3) is 0 Å². The van der Waals surface area contributed by atoms with E-state index in [1.165, 1.54) is 0 Å². The average Bonchev–Trinajstić information content (AvgIpc) is 2.74. The van der Waals surface area contributed by atoms with Gasteiger partial charge in [0.2, 0.25) is 0 Å². The molecule has 0 spiro atoms. The monoisotopic (exact) mass is 443 g/mol. The Bertz CT molecular complexity index is 856. The Morgan fingerprint density at radius 1 is 0.857 bits per heavy atom. The summed E-state index contributed by atoms with van der Waals surface area (Å²) < 4.78 is 23.3. The molecule has 1 heterocycles. The van der Waals surface area contributed by atoms with E-state index in [0.717, 1.165) is 21.3 Å². The quantitative estimate of drug-likeness (QED) is 0.411. The van der Waals surface area contributed by atoms with Crippen molar-refractivity contribution in [1.82, 2.24) is 4.98 Å². The van der Waals surface area contributed by atoms with Crippen molar-refractivity contribution in [2.75, 3.05) is 20.3 Å². The Balaban J connectivity index is 1.50. The number of rotatable bonds is 10. The number of pyridine rings is 1. The molecule has 0 saturated carbocycles. The van der Waals surface area contributed by atoms with Gasteiger partial charge in [-0.1, -0.05) is 42.5 Å². The highest BCUT2D eigenvalue weighted by Crippen LogP contribution is 2.28. The van der Waals surface area contributed by atoms with Crippen LogP contribution in [0, 0.1) is 0 Å². The van der Waals surface area contributed by atoms with E-state index < -0.39 is 0 Å². The number of ether oxygens (including phenoxy) is 4. The molecule has 0 atom stereocenters. The number of methoxy groups -OCH3 is 1. The number of nitrogens with zero attached hydrogens (tertiary/aromatic N) is 1. The van der Waals surface area contributed by atoms with Crippen molar-refractivity contribution < 1.29 is 18.9 Å². The molecule has 0 amide bonds. The van der Waals surface area contributed by atoms with Gasteiger partial charge in [-0.3, -0.25) is 0 Å². The van der Waals surface area contributed by atoms with Crippen molar-refractivity contribution in [3.05, 3.63) is 82.5 Å². The van der Waals surface area contributed by atoms with Gasteiger partial charge in [0.05, 0.1) is 20.3 Å². The number of hydrogen-bond acceptors (Lipinski definition) is 5. The Hall–Kier alpha value is -2.57. The van der Waals surface area contributed by atoms with Gasteiger partial charge in [0.1, 0.15) is 19.0 Å². The zero-order valence-corrected chi connectivity index (χ0v) is 17.2. The van der Waals surface area contributed by atoms with Crippen molar-refractivity contribution >= 4 is 15.9 Å². The number of benzene rings is 2. The number of halogens is 1. The van der Waals surface area contributed by atoms with E-state index >= 15 is 0 Å². The van der Waals surface area contributed by atoms with Gasteiger partial charge in [0.15, 0.2) is 5.75 Å². The highest BCUT2D eigenvalue weighted by molar-refractivity contribution is 9.10. The average molecular weight is 444 g/mol. The van der Waals surface area contributed by atoms with Crippen LogP contribution < -0.4 is 14.2 Å². The molecule has 0 bridgehead atoms. The summed E-state index contributed by atoms with van der Waals surface area (Å²) >= 11 is 3.42. The molecule has 0 aliphatic carbocycles. The molecular formula is C22H22BrNO4. The first-order chi connectivity index (χ1) is 13.7. The molecule has 0 saturated heterocycles. The van der Waals surface area contributed by atoms with E-state index in [2.05, 4.69) is 20.9 Å². The minimum Gasteiger partial charge on any atom is -0.497 e. The van der Waals surface area contributed by atoms with Crippen molar-refractivity contribution in [1.29, 1.82) is 0 Å². The van der Waals surface area contributed by atoms with Crippen LogP contribution in [0.5, 0.6) is 17.4 Å². The third kappa shape index (κ3) is 6.25. The first-order valence-electron chi connectivity index (χ1n) is 8.90. The van der Waals surface area contributed by atoms with Crippen LogP contribution in [0.4, 0.5) is 0 Å². The van der Waals surface area contributed by atoms with Gasteiger partial charge >= 0.3 is 0 Å². The van der Waals surface area contributed by atoms with Crippen LogP contribution in [0.15, 0.2) is 71.3 Å². The molecule has 28 heavy (non-hydrogen) atoms. The standard InChI is InChI=1S/C22H22BrNO4/c1-25-20-9-7-18(8-10-20)16-28-22-21(13-19(23)14-24-22)27-12-11-26-15-17-5-3-2-4-6-17/h2-10,13-14H,11-12,15-16H2,1H3. The van der Waals surface area contributed by atoms with Gasteiger partial charge in [0.25, 0.3) is 5.88 Å². The summed E-state index contributed by atoms with van der Waals surface area (Å²) in [6.45, 7) is 1.82. The molecule has 0 aliphatic heterocycles. The summed E-state index contributed by atoms with van der Waals surface area (Å²) in [4.78, 5) is 4.31. The van der Waals surface area contributed by atoms with Gasteiger partial charge in [-0.05, 0) is 39.2 Å². The van der Waals surface area contributed by atoms with E-state index in [1.54, 1.807) is 13.3 Å². The minimum atomic E-state index is 0.388. The maximum absolute atomic E-state index is 5.84. The van der Waals surface area contributed by atoms with Crippen LogP contribution in [0.3, 0.4) is 0 Å². The lowest BCUT2D eigenvalue weighted by atomic mass is 10.2. The van der Waals surface area contributed by atoms with Gasteiger partial charge in [0, 0.05) is 16.7 Å². The summed E-state index contributed by atoms with van der Waals surface area (Å²) in [6.07, 6.45) is 1.68. The molecule has 0 radical (unpaired) electrons. The predicted molar refractivity (Wildman–Crippen MR) is 111 cm³/mol. The second kappa shape index (κ2) is 10.7. The Labute approximate surface area is 173 Å². The van der Waals surface area contributed by atoms with Gasteiger partial charge in [-0.15, -0.1) is 0 Å². The summed E-state index contributed by atoms with van der Waals surface area (Å²) in [5.41, 5.74) is 2.15. The molecule has 6 heteroatoms. The molecule has 146 valence electrons. The lowest BCUT2D eigenvalue weighted by molar-refractivity contribution is 0.0872. The summed E-state index contributed by atoms with van der Waals surface area (Å²) in [7, 11) is 1.64. The molecule has 2 aromatic carbocycles. The smallest absolute Gasteiger partial charge is 0.257 e. The molecule has 5 nitrogen and oxygen atoms in total. The van der Waals surface area contributed by atoms with Crippen molar-refractivity contribution in [2.45, 2.75) is 13.2 Å². The Kier molecular flexibility index (Phi) is 7.70. The fourth-order valence-electron chi connectivity index (χ4n) is 2.47. The third-order valence-corrected chi connectivity index (χ3v) is 4.35. The number of hydrogen-bond donors (Lipinski definition) is 0. The minimum absolute atomic E-state index is 0.388. The van der Waals surface area contributed by atoms with Gasteiger partial charge in [-0.2, -0.15) is 0 Å². The Morgan fingerprint density at radius 2 is 1.61 bits per heavy atom. The van der Waals surface area contributed by atoms with Crippen molar-refractivity contribution in [3.8, 4) is 17.4 Å². The molecule has 0 aliphatic rings. The van der Waals surface area contributed by atoms with Crippen molar-refractivity contribution in [2.24, 2.45) is 0 Å². The SMILES string of the molecule is COc1ccc(COc2ncc(Br)cc2OCCOCc2ccccc2)cc1. The van der Waals surface area contributed by atoms with E-state index in [-0.39, 0.29) is 0 Å². The molecule has 1 aromatic heterocycles. The normalized spacial score (nSPS) is 10.5. The van der Waals surface area contributed by atoms with Crippen LogP contribution >= 0.6 is 15.9 Å². The first-order valence-corrected chi connectivity index (χ1v) is 9.69. The zero-order valence-electron chi connectivity index (χ0n) is 15.6. The molecule has 3 rings (SSSR count). The summed E-state index contributed by atoms with van der Waals surface area (Å²) in [5.74, 6) is 1.83. The highest BCUT2D eigenvalue weighted by Gasteiger charge is 2.09. The maximum atomic E-state index is 5.84. The molecule has 0 unspecified atom stereocenters. The second-order valence-electron chi connectivity index (χ2n) is 5.98. The van der Waals surface area contributed by atoms with Gasteiger partial charge < -0.3 is 18.9 Å². The predicted octanol–water partition coefficient (Wildman–Crippen LogP) is 5.03. The van der Waals surface area contributed by atoms with E-state index in [1.807, 2.05) is 60.7 Å². The number of aromatic nitrogens is 1. The largest absolute Gasteiger partial charge is 0.497 e. The lowest BCUT2D eigenvalue weighted by Crippen LogP contribution is -2.08. The lowest BCUT2D eigenvalue weighted by Gasteiger charge is -2.12. The third-order valence-electron chi connectivity index (χ3n) is 3.92. The van der Waals surface area contributed by atoms with E-state index in [4.69, 9.17) is 18.9 Å². The zero-order chi connectivity index (χ0) is 19.6. The molecular weight excluding hydrogens is 422 g/mol. The molecule has 3 aromatic rings. The topological polar surface area (TPSA) is 49.8 Å². The van der Waals surface area contributed by atoms with Crippen molar-refractivity contribution in [3.63, 3.8) is 0 Å². The fourth-order valence-corrected chi connectivity index (χ4v) is 2.78. The first kappa shape index (κ1) is 20.2. The fraction of sp³-hybridized carbons (Fsp3) is 0.227. The highest BCUT2D eigenvalue weighted by atomic mass is 79.9. The van der Waals surface area contributed by atoms with Crippen LogP contribution in [0.1, 0.15) is 11.1 Å². The van der Waals surface area contributed by atoms with Crippen LogP contribution in [-0.2, 0) is 18.0 Å². The van der Waals surface area contributed by atoms with Crippen LogP contribution in [0.2, 0.25) is 0 Å². The summed E-state index contributed by atoms with van der Waals surface area (Å²) in [5, 5.41) is 0. The van der Waals surface area contributed by atoms with E-state index in [0.29, 0.717) is 38.1 Å². The summed E-state index contributed by atoms with van der Waals surface area (Å²) in [6, 6.07) is 19.6. The van der Waals surface area contributed by atoms with E-state index in [9.17, 15) is 0 Å². The van der Waals surface area contributed by atoms with Crippen LogP contribution in [-0.4, -0.2) is 25.3 Å². The second-order valence-corrected chi connectivity index (χ2v) is 6.90.